The molecule has 1 heterocycles. The lowest BCUT2D eigenvalue weighted by Crippen LogP contribution is -2.15. The molecule has 0 N–H and O–H groups in total. The van der Waals surface area contributed by atoms with E-state index in [4.69, 9.17) is 4.74 Å². The van der Waals surface area contributed by atoms with Crippen LogP contribution in [-0.4, -0.2) is 26.3 Å². The van der Waals surface area contributed by atoms with Crippen molar-refractivity contribution in [2.75, 3.05) is 20.3 Å². The Morgan fingerprint density at radius 2 is 2.56 bits per heavy atom. The van der Waals surface area contributed by atoms with Gasteiger partial charge in [0, 0.05) is 26.3 Å². The molecule has 0 aromatic rings. The van der Waals surface area contributed by atoms with Crippen LogP contribution in [0.15, 0.2) is 0 Å². The Bertz CT molecular complexity index is 69.3. The summed E-state index contributed by atoms with van der Waals surface area (Å²) in [5.41, 5.74) is 0. The fourth-order valence-electron chi connectivity index (χ4n) is 1.18. The molecule has 2 nitrogen and oxygen atoms in total. The Kier molecular flexibility index (Phi) is 3.01. The predicted octanol–water partition coefficient (Wildman–Crippen LogP) is 0.790. The maximum Gasteiger partial charge on any atom is 0.0477 e. The third-order valence-corrected chi connectivity index (χ3v) is 1.74. The average Bonchev–Trinajstić information content (AvgIpc) is 2.34. The molecule has 1 atom stereocenters. The molecular formula is C7H14NO. The van der Waals surface area contributed by atoms with Gasteiger partial charge in [0.2, 0.25) is 0 Å². The second-order valence-corrected chi connectivity index (χ2v) is 2.48. The van der Waals surface area contributed by atoms with Gasteiger partial charge in [0.25, 0.3) is 0 Å². The molecule has 2 heteroatoms. The Balaban J connectivity index is 1.98. The van der Waals surface area contributed by atoms with Gasteiger partial charge in [-0.2, -0.15) is 0 Å². The fourth-order valence-corrected chi connectivity index (χ4v) is 1.18. The highest BCUT2D eigenvalue weighted by Gasteiger charge is 2.13. The highest BCUT2D eigenvalue weighted by Crippen LogP contribution is 2.09. The summed E-state index contributed by atoms with van der Waals surface area (Å²) in [7, 11) is 1.74. The number of hydrogen-bond acceptors (Lipinski definition) is 1. The molecule has 53 valence electrons. The fraction of sp³-hybridized carbons (Fsp3) is 1.00. The highest BCUT2D eigenvalue weighted by molar-refractivity contribution is 4.72. The summed E-state index contributed by atoms with van der Waals surface area (Å²) in [5.74, 6) is 0. The lowest BCUT2D eigenvalue weighted by atomic mass is 10.2. The molecule has 1 radical (unpaired) electrons. The van der Waals surface area contributed by atoms with E-state index in [1.807, 2.05) is 0 Å². The molecule has 9 heavy (non-hydrogen) atoms. The number of methoxy groups -OCH3 is 1. The van der Waals surface area contributed by atoms with Gasteiger partial charge in [0.1, 0.15) is 0 Å². The summed E-state index contributed by atoms with van der Waals surface area (Å²) in [6, 6.07) is 0.616. The molecule has 0 amide bonds. The molecule has 0 aromatic heterocycles. The molecule has 0 saturated carbocycles. The smallest absolute Gasteiger partial charge is 0.0477 e. The van der Waals surface area contributed by atoms with Crippen LogP contribution in [0.3, 0.4) is 0 Å². The molecule has 1 unspecified atom stereocenters. The van der Waals surface area contributed by atoms with Crippen LogP contribution >= 0.6 is 0 Å². The summed E-state index contributed by atoms with van der Waals surface area (Å²) in [6.45, 7) is 1.95. The van der Waals surface area contributed by atoms with Gasteiger partial charge in [-0.1, -0.05) is 0 Å². The van der Waals surface area contributed by atoms with Crippen LogP contribution in [0.4, 0.5) is 0 Å². The van der Waals surface area contributed by atoms with E-state index in [2.05, 4.69) is 5.32 Å². The van der Waals surface area contributed by atoms with Gasteiger partial charge in [-0.05, 0) is 19.3 Å². The van der Waals surface area contributed by atoms with Crippen LogP contribution in [0.5, 0.6) is 0 Å². The number of hydrogen-bond donors (Lipinski definition) is 0. The van der Waals surface area contributed by atoms with E-state index in [0.29, 0.717) is 6.04 Å². The Morgan fingerprint density at radius 3 is 3.11 bits per heavy atom. The minimum atomic E-state index is 0.616. The van der Waals surface area contributed by atoms with Crippen LogP contribution in [0.1, 0.15) is 19.3 Å². The number of ether oxygens (including phenoxy) is 1. The van der Waals surface area contributed by atoms with Crippen molar-refractivity contribution in [3.8, 4) is 0 Å². The third-order valence-electron chi connectivity index (χ3n) is 1.74. The molecule has 0 spiro atoms. The van der Waals surface area contributed by atoms with E-state index >= 15 is 0 Å². The van der Waals surface area contributed by atoms with Crippen molar-refractivity contribution in [2.45, 2.75) is 25.3 Å². The minimum Gasteiger partial charge on any atom is -0.385 e. The van der Waals surface area contributed by atoms with Crippen molar-refractivity contribution >= 4 is 0 Å². The van der Waals surface area contributed by atoms with E-state index in [9.17, 15) is 0 Å². The first-order chi connectivity index (χ1) is 4.43. The largest absolute Gasteiger partial charge is 0.385 e. The zero-order valence-electron chi connectivity index (χ0n) is 5.97. The Hall–Kier alpha value is -0.0800. The zero-order chi connectivity index (χ0) is 6.53. The summed E-state index contributed by atoms with van der Waals surface area (Å²) in [5, 5.41) is 4.39. The molecule has 0 bridgehead atoms. The van der Waals surface area contributed by atoms with Gasteiger partial charge in [-0.25, -0.2) is 5.32 Å². The van der Waals surface area contributed by atoms with Gasteiger partial charge in [0.15, 0.2) is 0 Å². The van der Waals surface area contributed by atoms with Crippen LogP contribution in [0.2, 0.25) is 0 Å². The van der Waals surface area contributed by atoms with Gasteiger partial charge in [-0.15, -0.1) is 0 Å². The molecule has 1 saturated heterocycles. The van der Waals surface area contributed by atoms with Gasteiger partial charge < -0.3 is 4.74 Å². The second-order valence-electron chi connectivity index (χ2n) is 2.48. The Morgan fingerprint density at radius 1 is 1.67 bits per heavy atom. The van der Waals surface area contributed by atoms with Crippen LogP contribution in [-0.2, 0) is 4.74 Å². The molecule has 1 rings (SSSR count). The van der Waals surface area contributed by atoms with Crippen molar-refractivity contribution in [1.29, 1.82) is 0 Å². The summed E-state index contributed by atoms with van der Waals surface area (Å²) in [6.07, 6.45) is 3.69. The molecule has 1 fully saturated rings. The zero-order valence-corrected chi connectivity index (χ0v) is 5.97. The van der Waals surface area contributed by atoms with E-state index in [-0.39, 0.29) is 0 Å². The molecule has 0 aliphatic carbocycles. The van der Waals surface area contributed by atoms with Crippen molar-refractivity contribution < 1.29 is 4.74 Å². The van der Waals surface area contributed by atoms with Gasteiger partial charge in [0.05, 0.1) is 0 Å². The molecule has 1 aliphatic heterocycles. The van der Waals surface area contributed by atoms with E-state index in [0.717, 1.165) is 19.6 Å². The standard InChI is InChI=1S/C7H14NO/c1-9-6-4-7-3-2-5-8-7/h7H,2-6H2,1H3. The first-order valence-corrected chi connectivity index (χ1v) is 3.59. The van der Waals surface area contributed by atoms with E-state index < -0.39 is 0 Å². The number of rotatable bonds is 3. The van der Waals surface area contributed by atoms with Crippen molar-refractivity contribution in [1.82, 2.24) is 5.32 Å². The predicted molar refractivity (Wildman–Crippen MR) is 36.5 cm³/mol. The highest BCUT2D eigenvalue weighted by atomic mass is 16.5. The lowest BCUT2D eigenvalue weighted by molar-refractivity contribution is 0.185. The SMILES string of the molecule is COCCC1CCC[N]1. The first kappa shape index (κ1) is 7.03. The molecule has 0 aromatic carbocycles. The van der Waals surface area contributed by atoms with Crippen molar-refractivity contribution in [2.24, 2.45) is 0 Å². The van der Waals surface area contributed by atoms with Crippen molar-refractivity contribution in [3.05, 3.63) is 0 Å². The molecule has 1 aliphatic rings. The molecular weight excluding hydrogens is 114 g/mol. The third kappa shape index (κ3) is 2.33. The van der Waals surface area contributed by atoms with Crippen LogP contribution in [0.25, 0.3) is 0 Å². The van der Waals surface area contributed by atoms with Crippen molar-refractivity contribution in [3.63, 3.8) is 0 Å². The van der Waals surface area contributed by atoms with E-state index in [1.54, 1.807) is 7.11 Å². The second kappa shape index (κ2) is 3.85. The average molecular weight is 128 g/mol. The maximum atomic E-state index is 4.94. The minimum absolute atomic E-state index is 0.616. The van der Waals surface area contributed by atoms with Crippen LogP contribution in [0, 0.1) is 0 Å². The summed E-state index contributed by atoms with van der Waals surface area (Å²) in [4.78, 5) is 0. The quantitative estimate of drug-likeness (QED) is 0.551. The normalized spacial score (nSPS) is 27.0. The monoisotopic (exact) mass is 128 g/mol. The Labute approximate surface area is 56.6 Å². The van der Waals surface area contributed by atoms with E-state index in [1.165, 1.54) is 12.8 Å². The van der Waals surface area contributed by atoms with Crippen LogP contribution < -0.4 is 5.32 Å². The summed E-state index contributed by atoms with van der Waals surface area (Å²) < 4.78 is 4.94. The van der Waals surface area contributed by atoms with Gasteiger partial charge in [-0.3, -0.25) is 0 Å². The topological polar surface area (TPSA) is 23.3 Å². The lowest BCUT2D eigenvalue weighted by Gasteiger charge is -2.05. The summed E-state index contributed by atoms with van der Waals surface area (Å²) >= 11 is 0. The first-order valence-electron chi connectivity index (χ1n) is 3.59. The maximum absolute atomic E-state index is 4.94. The number of nitrogens with zero attached hydrogens (tertiary/aromatic N) is 1. The van der Waals surface area contributed by atoms with Gasteiger partial charge >= 0.3 is 0 Å².